The Bertz CT molecular complexity index is 1840. The molecular formula is C75H146O17P2. The number of aliphatic hydroxyl groups is 1. The van der Waals surface area contributed by atoms with Gasteiger partial charge in [0.15, 0.2) is 12.2 Å². The molecule has 0 heterocycles. The lowest BCUT2D eigenvalue weighted by atomic mass is 10.0. The highest BCUT2D eigenvalue weighted by Gasteiger charge is 2.30. The molecule has 558 valence electrons. The third-order valence-corrected chi connectivity index (χ3v) is 19.3. The average Bonchev–Trinajstić information content (AvgIpc) is 1.18. The van der Waals surface area contributed by atoms with Gasteiger partial charge in [-0.05, 0) is 43.4 Å². The minimum Gasteiger partial charge on any atom is -0.462 e. The summed E-state index contributed by atoms with van der Waals surface area (Å²) in [6, 6.07) is 0. The summed E-state index contributed by atoms with van der Waals surface area (Å²) >= 11 is 0. The lowest BCUT2D eigenvalue weighted by Crippen LogP contribution is -2.30. The van der Waals surface area contributed by atoms with E-state index < -0.39 is 97.5 Å². The SMILES string of the molecule is CCCCCCCCCCCCCC(=O)OC[C@H](COP(=O)(O)OC[C@H](O)COP(=O)(O)OC[C@@H](COC(=O)CCCCCCCCCCCCCCC(C)C)OC(=O)CCCCCCCCCCCCCCC(C)C)OC(=O)CCCCCCCCCCCCC(C)C. The zero-order valence-corrected chi connectivity index (χ0v) is 63.2. The van der Waals surface area contributed by atoms with Crippen LogP contribution in [0, 0.1) is 17.8 Å². The second kappa shape index (κ2) is 65.7. The Morgan fingerprint density at radius 1 is 0.287 bits per heavy atom. The van der Waals surface area contributed by atoms with Crippen molar-refractivity contribution < 1.29 is 80.2 Å². The minimum absolute atomic E-state index is 0.106. The van der Waals surface area contributed by atoms with E-state index in [-0.39, 0.29) is 25.7 Å². The van der Waals surface area contributed by atoms with Crippen molar-refractivity contribution in [3.63, 3.8) is 0 Å². The van der Waals surface area contributed by atoms with Crippen LogP contribution in [0.4, 0.5) is 0 Å². The fraction of sp³-hybridized carbons (Fsp3) is 0.947. The van der Waals surface area contributed by atoms with Crippen molar-refractivity contribution in [3.8, 4) is 0 Å². The first kappa shape index (κ1) is 92.1. The van der Waals surface area contributed by atoms with Crippen LogP contribution in [0.5, 0.6) is 0 Å². The number of phosphoric ester groups is 2. The van der Waals surface area contributed by atoms with E-state index in [1.165, 1.54) is 193 Å². The van der Waals surface area contributed by atoms with Crippen molar-refractivity contribution in [2.75, 3.05) is 39.6 Å². The third-order valence-electron chi connectivity index (χ3n) is 17.4. The molecule has 0 aliphatic heterocycles. The number of carbonyl (C=O) groups is 4. The summed E-state index contributed by atoms with van der Waals surface area (Å²) in [5, 5.41) is 10.6. The molecule has 2 unspecified atom stereocenters. The van der Waals surface area contributed by atoms with Crippen molar-refractivity contribution in [1.82, 2.24) is 0 Å². The van der Waals surface area contributed by atoms with Gasteiger partial charge in [-0.2, -0.15) is 0 Å². The molecule has 0 aromatic carbocycles. The third kappa shape index (κ3) is 68.6. The van der Waals surface area contributed by atoms with Crippen molar-refractivity contribution in [3.05, 3.63) is 0 Å². The van der Waals surface area contributed by atoms with Gasteiger partial charge in [-0.15, -0.1) is 0 Å². The van der Waals surface area contributed by atoms with Crippen LogP contribution >= 0.6 is 15.6 Å². The summed E-state index contributed by atoms with van der Waals surface area (Å²) in [6.07, 6.45) is 51.2. The van der Waals surface area contributed by atoms with E-state index >= 15 is 0 Å². The summed E-state index contributed by atoms with van der Waals surface area (Å²) < 4.78 is 68.5. The predicted molar refractivity (Wildman–Crippen MR) is 381 cm³/mol. The molecule has 0 radical (unpaired) electrons. The topological polar surface area (TPSA) is 237 Å². The number of carbonyl (C=O) groups excluding carboxylic acids is 4. The molecule has 0 aromatic heterocycles. The maximum atomic E-state index is 13.1. The molecule has 17 nitrogen and oxygen atoms in total. The second-order valence-electron chi connectivity index (χ2n) is 28.5. The van der Waals surface area contributed by atoms with Gasteiger partial charge in [-0.25, -0.2) is 9.13 Å². The van der Waals surface area contributed by atoms with Crippen LogP contribution in [0.1, 0.15) is 382 Å². The molecule has 5 atom stereocenters. The van der Waals surface area contributed by atoms with E-state index in [9.17, 15) is 43.2 Å². The number of rotatable bonds is 73. The van der Waals surface area contributed by atoms with E-state index in [1.807, 2.05) is 0 Å². The highest BCUT2D eigenvalue weighted by molar-refractivity contribution is 7.47. The summed E-state index contributed by atoms with van der Waals surface area (Å²) in [7, 11) is -9.91. The van der Waals surface area contributed by atoms with E-state index in [1.54, 1.807) is 0 Å². The number of aliphatic hydroxyl groups excluding tert-OH is 1. The van der Waals surface area contributed by atoms with Crippen LogP contribution < -0.4 is 0 Å². The molecule has 0 aliphatic carbocycles. The fourth-order valence-electron chi connectivity index (χ4n) is 11.4. The zero-order chi connectivity index (χ0) is 69.4. The summed E-state index contributed by atoms with van der Waals surface area (Å²) in [4.78, 5) is 72.8. The van der Waals surface area contributed by atoms with Gasteiger partial charge in [-0.3, -0.25) is 37.3 Å². The number of hydrogen-bond donors (Lipinski definition) is 3. The van der Waals surface area contributed by atoms with Crippen LogP contribution in [0.15, 0.2) is 0 Å². The second-order valence-corrected chi connectivity index (χ2v) is 31.4. The number of ether oxygens (including phenoxy) is 4. The Morgan fingerprint density at radius 3 is 0.723 bits per heavy atom. The molecule has 94 heavy (non-hydrogen) atoms. The van der Waals surface area contributed by atoms with Crippen LogP contribution in [-0.2, 0) is 65.4 Å². The molecule has 0 aliphatic rings. The normalized spacial score (nSPS) is 14.1. The van der Waals surface area contributed by atoms with Gasteiger partial charge in [0.05, 0.1) is 26.4 Å². The highest BCUT2D eigenvalue weighted by atomic mass is 31.2. The lowest BCUT2D eigenvalue weighted by Gasteiger charge is -2.21. The summed E-state index contributed by atoms with van der Waals surface area (Å²) in [5.74, 6) is 0.193. The van der Waals surface area contributed by atoms with Crippen molar-refractivity contribution in [2.24, 2.45) is 17.8 Å². The van der Waals surface area contributed by atoms with Gasteiger partial charge in [0.1, 0.15) is 19.3 Å². The standard InChI is InChI=1S/C75H146O17P2/c1-8-9-10-11-12-13-18-28-35-42-49-56-72(77)85-62-71(92-75(80)59-52-45-38-31-24-23-27-34-41-48-55-68(6)7)65-90-94(83,84)88-61-69(76)60-87-93(81,82)89-64-70(91-74(79)58-51-44-37-30-22-17-15-20-26-33-40-47-54-67(4)5)63-86-73(78)57-50-43-36-29-21-16-14-19-25-32-39-46-53-66(2)3/h66-71,76H,8-65H2,1-7H3,(H,81,82)(H,83,84)/t69-,70-,71-/m1/s1. The summed E-state index contributed by atoms with van der Waals surface area (Å²) in [6.45, 7) is 11.9. The summed E-state index contributed by atoms with van der Waals surface area (Å²) in [5.41, 5.74) is 0. The van der Waals surface area contributed by atoms with Gasteiger partial charge >= 0.3 is 39.5 Å². The molecule has 3 N–H and O–H groups in total. The molecular weight excluding hydrogens is 1230 g/mol. The van der Waals surface area contributed by atoms with E-state index in [4.69, 9.17) is 37.0 Å². The van der Waals surface area contributed by atoms with Gasteiger partial charge in [0.2, 0.25) is 0 Å². The van der Waals surface area contributed by atoms with Gasteiger partial charge in [-0.1, -0.05) is 331 Å². The Balaban J connectivity index is 5.26. The van der Waals surface area contributed by atoms with Crippen molar-refractivity contribution in [1.29, 1.82) is 0 Å². The molecule has 0 amide bonds. The first-order valence-corrected chi connectivity index (χ1v) is 41.8. The molecule has 0 bridgehead atoms. The zero-order valence-electron chi connectivity index (χ0n) is 61.4. The molecule has 0 saturated carbocycles. The molecule has 0 fully saturated rings. The van der Waals surface area contributed by atoms with E-state index in [0.29, 0.717) is 25.7 Å². The van der Waals surface area contributed by atoms with E-state index in [2.05, 4.69) is 48.5 Å². The Morgan fingerprint density at radius 2 is 0.489 bits per heavy atom. The molecule has 0 spiro atoms. The Hall–Kier alpha value is -1.94. The van der Waals surface area contributed by atoms with Crippen molar-refractivity contribution >= 4 is 39.5 Å². The first-order valence-electron chi connectivity index (χ1n) is 38.8. The maximum absolute atomic E-state index is 13.1. The van der Waals surface area contributed by atoms with Crippen molar-refractivity contribution in [2.45, 2.75) is 401 Å². The molecule has 0 rings (SSSR count). The quantitative estimate of drug-likeness (QED) is 0.0222. The largest absolute Gasteiger partial charge is 0.472 e. The Kier molecular flexibility index (Phi) is 64.3. The average molecular weight is 1380 g/mol. The highest BCUT2D eigenvalue weighted by Crippen LogP contribution is 2.45. The maximum Gasteiger partial charge on any atom is 0.472 e. The molecule has 0 aromatic rings. The lowest BCUT2D eigenvalue weighted by molar-refractivity contribution is -0.161. The monoisotopic (exact) mass is 1380 g/mol. The minimum atomic E-state index is -4.96. The predicted octanol–water partition coefficient (Wildman–Crippen LogP) is 21.8. The number of hydrogen-bond acceptors (Lipinski definition) is 15. The van der Waals surface area contributed by atoms with Crippen LogP contribution in [0.25, 0.3) is 0 Å². The number of unbranched alkanes of at least 4 members (excludes halogenated alkanes) is 41. The van der Waals surface area contributed by atoms with E-state index in [0.717, 1.165) is 108 Å². The van der Waals surface area contributed by atoms with Gasteiger partial charge in [0.25, 0.3) is 0 Å². The van der Waals surface area contributed by atoms with Gasteiger partial charge in [0, 0.05) is 25.7 Å². The Labute approximate surface area is 575 Å². The fourth-order valence-corrected chi connectivity index (χ4v) is 13.0. The molecule has 19 heteroatoms. The van der Waals surface area contributed by atoms with Crippen LogP contribution in [0.2, 0.25) is 0 Å². The van der Waals surface area contributed by atoms with Crippen LogP contribution in [0.3, 0.4) is 0 Å². The number of esters is 4. The number of phosphoric acid groups is 2. The van der Waals surface area contributed by atoms with Gasteiger partial charge < -0.3 is 33.8 Å². The van der Waals surface area contributed by atoms with Crippen LogP contribution in [-0.4, -0.2) is 96.7 Å². The molecule has 0 saturated heterocycles. The smallest absolute Gasteiger partial charge is 0.462 e. The first-order chi connectivity index (χ1) is 45.2.